The second kappa shape index (κ2) is 4.61. The molecule has 1 rings (SSSR count). The zero-order chi connectivity index (χ0) is 9.73. The molecule has 0 bridgehead atoms. The number of ether oxygens (including phenoxy) is 1. The smallest absolute Gasteiger partial charge is 0.337 e. The molecule has 0 spiro atoms. The Kier molecular flexibility index (Phi) is 3.72. The molecule has 0 atom stereocenters. The molecule has 0 unspecified atom stereocenters. The van der Waals surface area contributed by atoms with Crippen molar-refractivity contribution in [3.63, 3.8) is 0 Å². The van der Waals surface area contributed by atoms with E-state index in [4.69, 9.17) is 0 Å². The number of carbonyl (C=O) groups excluding carboxylic acids is 1. The molecule has 0 aromatic rings. The minimum absolute atomic E-state index is 0.464. The first-order chi connectivity index (χ1) is 6.19. The van der Waals surface area contributed by atoms with Crippen LogP contribution in [0.25, 0.3) is 0 Å². The number of rotatable bonds is 1. The molecule has 13 heavy (non-hydrogen) atoms. The lowest BCUT2D eigenvalue weighted by atomic mass is 9.87. The van der Waals surface area contributed by atoms with Gasteiger partial charge in [-0.3, -0.25) is 0 Å². The number of methoxy groups -OCH3 is 1. The SMILES string of the molecule is COC(=O)C1(O)CCCCCCC1. The molecule has 3 heteroatoms. The van der Waals surface area contributed by atoms with Gasteiger partial charge in [-0.05, 0) is 25.7 Å². The summed E-state index contributed by atoms with van der Waals surface area (Å²) in [6, 6.07) is 0. The predicted molar refractivity (Wildman–Crippen MR) is 49.3 cm³/mol. The number of hydrogen-bond acceptors (Lipinski definition) is 3. The van der Waals surface area contributed by atoms with Crippen molar-refractivity contribution in [2.24, 2.45) is 0 Å². The summed E-state index contributed by atoms with van der Waals surface area (Å²) in [6.07, 6.45) is 6.40. The van der Waals surface area contributed by atoms with E-state index in [0.29, 0.717) is 12.8 Å². The summed E-state index contributed by atoms with van der Waals surface area (Å²) >= 11 is 0. The molecule has 1 aliphatic carbocycles. The van der Waals surface area contributed by atoms with Crippen molar-refractivity contribution in [1.82, 2.24) is 0 Å². The molecule has 0 amide bonds. The topological polar surface area (TPSA) is 46.5 Å². The first-order valence-corrected chi connectivity index (χ1v) is 5.00. The number of hydrogen-bond donors (Lipinski definition) is 1. The fourth-order valence-corrected chi connectivity index (χ4v) is 1.88. The molecule has 3 nitrogen and oxygen atoms in total. The summed E-state index contributed by atoms with van der Waals surface area (Å²) in [5.74, 6) is -0.464. The van der Waals surface area contributed by atoms with Crippen molar-refractivity contribution in [2.75, 3.05) is 7.11 Å². The maximum atomic E-state index is 11.3. The third-order valence-electron chi connectivity index (χ3n) is 2.75. The van der Waals surface area contributed by atoms with Crippen molar-refractivity contribution >= 4 is 5.97 Å². The standard InChI is InChI=1S/C10H18O3/c1-13-9(11)10(12)7-5-3-2-4-6-8-10/h12H,2-8H2,1H3. The highest BCUT2D eigenvalue weighted by atomic mass is 16.5. The normalized spacial score (nSPS) is 22.9. The van der Waals surface area contributed by atoms with Gasteiger partial charge in [0.15, 0.2) is 5.60 Å². The van der Waals surface area contributed by atoms with Crippen LogP contribution in [0.15, 0.2) is 0 Å². The van der Waals surface area contributed by atoms with Gasteiger partial charge in [-0.1, -0.05) is 19.3 Å². The molecule has 0 aromatic carbocycles. The van der Waals surface area contributed by atoms with Crippen LogP contribution in [0.5, 0.6) is 0 Å². The third kappa shape index (κ3) is 2.69. The summed E-state index contributed by atoms with van der Waals surface area (Å²) < 4.78 is 4.60. The van der Waals surface area contributed by atoms with Gasteiger partial charge >= 0.3 is 5.97 Å². The molecular formula is C10H18O3. The number of esters is 1. The maximum Gasteiger partial charge on any atom is 0.337 e. The molecule has 76 valence electrons. The van der Waals surface area contributed by atoms with Crippen molar-refractivity contribution in [2.45, 2.75) is 50.5 Å². The summed E-state index contributed by atoms with van der Waals surface area (Å²) in [6.45, 7) is 0. The van der Waals surface area contributed by atoms with Gasteiger partial charge in [0.2, 0.25) is 0 Å². The molecule has 0 saturated heterocycles. The highest BCUT2D eigenvalue weighted by molar-refractivity contribution is 5.79. The molecule has 0 radical (unpaired) electrons. The maximum absolute atomic E-state index is 11.3. The van der Waals surface area contributed by atoms with E-state index < -0.39 is 11.6 Å². The minimum Gasteiger partial charge on any atom is -0.467 e. The van der Waals surface area contributed by atoms with Gasteiger partial charge < -0.3 is 9.84 Å². The van der Waals surface area contributed by atoms with Gasteiger partial charge in [0.05, 0.1) is 7.11 Å². The van der Waals surface area contributed by atoms with E-state index in [0.717, 1.165) is 25.7 Å². The van der Waals surface area contributed by atoms with Gasteiger partial charge in [-0.25, -0.2) is 4.79 Å². The van der Waals surface area contributed by atoms with Crippen molar-refractivity contribution in [1.29, 1.82) is 0 Å². The molecule has 0 heterocycles. The molecular weight excluding hydrogens is 168 g/mol. The Bertz CT molecular complexity index is 169. The van der Waals surface area contributed by atoms with Crippen LogP contribution < -0.4 is 0 Å². The largest absolute Gasteiger partial charge is 0.467 e. The Morgan fingerprint density at radius 1 is 1.15 bits per heavy atom. The van der Waals surface area contributed by atoms with Crippen molar-refractivity contribution in [3.05, 3.63) is 0 Å². The molecule has 0 aromatic heterocycles. The summed E-state index contributed by atoms with van der Waals surface area (Å²) in [7, 11) is 1.33. The van der Waals surface area contributed by atoms with E-state index in [1.165, 1.54) is 13.5 Å². The van der Waals surface area contributed by atoms with Crippen LogP contribution >= 0.6 is 0 Å². The van der Waals surface area contributed by atoms with Crippen LogP contribution in [-0.2, 0) is 9.53 Å². The highest BCUT2D eigenvalue weighted by Gasteiger charge is 2.36. The summed E-state index contributed by atoms with van der Waals surface area (Å²) in [5, 5.41) is 9.97. The summed E-state index contributed by atoms with van der Waals surface area (Å²) in [4.78, 5) is 11.3. The first kappa shape index (κ1) is 10.5. The van der Waals surface area contributed by atoms with Crippen LogP contribution in [0.1, 0.15) is 44.9 Å². The second-order valence-corrected chi connectivity index (χ2v) is 3.79. The van der Waals surface area contributed by atoms with Crippen LogP contribution in [0.2, 0.25) is 0 Å². The monoisotopic (exact) mass is 186 g/mol. The quantitative estimate of drug-likeness (QED) is 0.633. The lowest BCUT2D eigenvalue weighted by Crippen LogP contribution is -2.40. The van der Waals surface area contributed by atoms with Gasteiger partial charge in [-0.15, -0.1) is 0 Å². The Morgan fingerprint density at radius 3 is 2.08 bits per heavy atom. The number of carbonyl (C=O) groups is 1. The minimum atomic E-state index is -1.20. The van der Waals surface area contributed by atoms with E-state index in [1.807, 2.05) is 0 Å². The Balaban J connectivity index is 2.56. The highest BCUT2D eigenvalue weighted by Crippen LogP contribution is 2.27. The van der Waals surface area contributed by atoms with Crippen LogP contribution in [0.4, 0.5) is 0 Å². The fraction of sp³-hybridized carbons (Fsp3) is 0.900. The third-order valence-corrected chi connectivity index (χ3v) is 2.75. The zero-order valence-corrected chi connectivity index (χ0v) is 8.21. The van der Waals surface area contributed by atoms with Crippen molar-refractivity contribution in [3.8, 4) is 0 Å². The number of aliphatic hydroxyl groups is 1. The Morgan fingerprint density at radius 2 is 1.62 bits per heavy atom. The van der Waals surface area contributed by atoms with Crippen molar-refractivity contribution < 1.29 is 14.6 Å². The predicted octanol–water partition coefficient (Wildman–Crippen LogP) is 1.63. The first-order valence-electron chi connectivity index (χ1n) is 5.00. The molecule has 1 aliphatic rings. The van der Waals surface area contributed by atoms with E-state index in [-0.39, 0.29) is 0 Å². The van der Waals surface area contributed by atoms with E-state index in [1.54, 1.807) is 0 Å². The van der Waals surface area contributed by atoms with E-state index in [9.17, 15) is 9.90 Å². The molecule has 0 aliphatic heterocycles. The second-order valence-electron chi connectivity index (χ2n) is 3.79. The Labute approximate surface area is 79.1 Å². The average molecular weight is 186 g/mol. The Hall–Kier alpha value is -0.570. The van der Waals surface area contributed by atoms with Crippen LogP contribution in [0, 0.1) is 0 Å². The van der Waals surface area contributed by atoms with Crippen LogP contribution in [0.3, 0.4) is 0 Å². The van der Waals surface area contributed by atoms with Gasteiger partial charge in [0.1, 0.15) is 0 Å². The van der Waals surface area contributed by atoms with Gasteiger partial charge in [-0.2, -0.15) is 0 Å². The van der Waals surface area contributed by atoms with Gasteiger partial charge in [0, 0.05) is 0 Å². The lowest BCUT2D eigenvalue weighted by molar-refractivity contribution is -0.164. The lowest BCUT2D eigenvalue weighted by Gasteiger charge is -2.26. The zero-order valence-electron chi connectivity index (χ0n) is 8.21. The average Bonchev–Trinajstić information content (AvgIpc) is 2.10. The summed E-state index contributed by atoms with van der Waals surface area (Å²) in [5.41, 5.74) is -1.20. The van der Waals surface area contributed by atoms with Gasteiger partial charge in [0.25, 0.3) is 0 Å². The van der Waals surface area contributed by atoms with E-state index >= 15 is 0 Å². The molecule has 1 saturated carbocycles. The van der Waals surface area contributed by atoms with Crippen LogP contribution in [-0.4, -0.2) is 23.8 Å². The fourth-order valence-electron chi connectivity index (χ4n) is 1.88. The molecule has 1 fully saturated rings. The van der Waals surface area contributed by atoms with E-state index in [2.05, 4.69) is 4.74 Å². The molecule has 1 N–H and O–H groups in total.